The van der Waals surface area contributed by atoms with E-state index >= 15 is 0 Å². The Hall–Kier alpha value is -2.37. The van der Waals surface area contributed by atoms with Crippen LogP contribution in [0.3, 0.4) is 0 Å². The topological polar surface area (TPSA) is 42.0 Å². The Kier molecular flexibility index (Phi) is 10.8. The number of amides is 1. The van der Waals surface area contributed by atoms with E-state index in [4.69, 9.17) is 9.47 Å². The SMILES string of the molecule is C=C/C(=C\C=C/C)C(c1ccccc1)N1CCC2(CN(C(=O)OC(C)(C)C)CCC2OC)C1.CC. The van der Waals surface area contributed by atoms with Crippen molar-refractivity contribution >= 4 is 6.09 Å². The molecule has 3 atom stereocenters. The summed E-state index contributed by atoms with van der Waals surface area (Å²) < 4.78 is 11.7. The van der Waals surface area contributed by atoms with Gasteiger partial charge < -0.3 is 14.4 Å². The van der Waals surface area contributed by atoms with Gasteiger partial charge in [0.15, 0.2) is 0 Å². The summed E-state index contributed by atoms with van der Waals surface area (Å²) in [5, 5.41) is 0. The monoisotopic (exact) mass is 482 g/mol. The maximum absolute atomic E-state index is 12.9. The molecule has 1 aromatic carbocycles. The second-order valence-electron chi connectivity index (χ2n) is 10.2. The summed E-state index contributed by atoms with van der Waals surface area (Å²) in [4.78, 5) is 17.3. The van der Waals surface area contributed by atoms with Crippen LogP contribution < -0.4 is 0 Å². The summed E-state index contributed by atoms with van der Waals surface area (Å²) >= 11 is 0. The molecule has 3 rings (SSSR count). The fraction of sp³-hybridized carbons (Fsp3) is 0.567. The number of piperidine rings is 1. The Labute approximate surface area is 213 Å². The molecule has 2 fully saturated rings. The Morgan fingerprint density at radius 3 is 2.43 bits per heavy atom. The molecule has 2 aliphatic heterocycles. The van der Waals surface area contributed by atoms with Crippen LogP contribution in [0.2, 0.25) is 0 Å². The van der Waals surface area contributed by atoms with Crippen LogP contribution in [0.5, 0.6) is 0 Å². The van der Waals surface area contributed by atoms with Gasteiger partial charge in [-0.05, 0) is 58.2 Å². The zero-order valence-corrected chi connectivity index (χ0v) is 22.9. The van der Waals surface area contributed by atoms with Gasteiger partial charge >= 0.3 is 6.09 Å². The molecule has 0 N–H and O–H groups in total. The fourth-order valence-electron chi connectivity index (χ4n) is 5.26. The Bertz CT molecular complexity index is 871. The highest BCUT2D eigenvalue weighted by Gasteiger charge is 2.51. The number of carbonyl (C=O) groups excluding carboxylic acids is 1. The number of rotatable bonds is 6. The van der Waals surface area contributed by atoms with Crippen LogP contribution in [0.4, 0.5) is 4.79 Å². The highest BCUT2D eigenvalue weighted by molar-refractivity contribution is 5.68. The van der Waals surface area contributed by atoms with E-state index in [9.17, 15) is 4.79 Å². The summed E-state index contributed by atoms with van der Waals surface area (Å²) in [6.07, 6.45) is 9.91. The number of likely N-dealkylation sites (tertiary alicyclic amines) is 2. The first-order valence-corrected chi connectivity index (χ1v) is 13.0. The minimum Gasteiger partial charge on any atom is -0.444 e. The maximum Gasteiger partial charge on any atom is 0.410 e. The number of methoxy groups -OCH3 is 1. The van der Waals surface area contributed by atoms with Crippen molar-refractivity contribution in [2.75, 3.05) is 33.3 Å². The summed E-state index contributed by atoms with van der Waals surface area (Å²) in [5.41, 5.74) is 1.80. The quantitative estimate of drug-likeness (QED) is 0.419. The molecule has 2 heterocycles. The molecular weight excluding hydrogens is 436 g/mol. The molecular formula is C30H46N2O3. The molecule has 5 heteroatoms. The first-order chi connectivity index (χ1) is 16.7. The molecule has 1 aromatic rings. The lowest BCUT2D eigenvalue weighted by atomic mass is 9.76. The van der Waals surface area contributed by atoms with Gasteiger partial charge in [0.05, 0.1) is 12.1 Å². The van der Waals surface area contributed by atoms with Gasteiger partial charge in [-0.15, -0.1) is 0 Å². The summed E-state index contributed by atoms with van der Waals surface area (Å²) in [6.45, 7) is 19.0. The molecule has 35 heavy (non-hydrogen) atoms. The standard InChI is InChI=1S/C28H40N2O3.C2H6/c1-7-9-13-22(8-2)25(23-14-11-10-12-15-23)29-19-17-28(20-29)21-30(18-16-24(28)32-6)26(31)33-27(3,4)5;1-2/h7-15,24-25H,2,16-21H2,1,3-6H3;1-2H3/b9-7-,22-13+;. The fourth-order valence-corrected chi connectivity index (χ4v) is 5.26. The molecule has 0 radical (unpaired) electrons. The molecule has 0 saturated carbocycles. The van der Waals surface area contributed by atoms with Gasteiger partial charge in [0, 0.05) is 32.2 Å². The molecule has 1 amide bonds. The van der Waals surface area contributed by atoms with E-state index in [0.717, 1.165) is 25.9 Å². The lowest BCUT2D eigenvalue weighted by Crippen LogP contribution is -2.56. The highest BCUT2D eigenvalue weighted by atomic mass is 16.6. The number of carbonyl (C=O) groups is 1. The molecule has 2 aliphatic rings. The van der Waals surface area contributed by atoms with E-state index in [1.165, 1.54) is 11.1 Å². The van der Waals surface area contributed by atoms with E-state index < -0.39 is 5.60 Å². The largest absolute Gasteiger partial charge is 0.444 e. The average Bonchev–Trinajstić information content (AvgIpc) is 3.25. The van der Waals surface area contributed by atoms with E-state index in [1.807, 2.05) is 58.6 Å². The molecule has 3 unspecified atom stereocenters. The van der Waals surface area contributed by atoms with Crippen molar-refractivity contribution in [3.8, 4) is 0 Å². The van der Waals surface area contributed by atoms with Gasteiger partial charge in [0.2, 0.25) is 0 Å². The summed E-state index contributed by atoms with van der Waals surface area (Å²) in [7, 11) is 1.80. The van der Waals surface area contributed by atoms with Crippen molar-refractivity contribution in [1.29, 1.82) is 0 Å². The average molecular weight is 483 g/mol. The molecule has 1 spiro atoms. The minimum atomic E-state index is -0.501. The van der Waals surface area contributed by atoms with Crippen molar-refractivity contribution in [3.05, 3.63) is 72.4 Å². The van der Waals surface area contributed by atoms with Crippen LogP contribution >= 0.6 is 0 Å². The number of allylic oxidation sites excluding steroid dienone is 3. The van der Waals surface area contributed by atoms with Gasteiger partial charge in [-0.2, -0.15) is 0 Å². The van der Waals surface area contributed by atoms with Gasteiger partial charge in [-0.25, -0.2) is 4.79 Å². The van der Waals surface area contributed by atoms with E-state index in [-0.39, 0.29) is 23.7 Å². The zero-order chi connectivity index (χ0) is 26.1. The minimum absolute atomic E-state index is 0.105. The Balaban J connectivity index is 0.00000210. The van der Waals surface area contributed by atoms with E-state index in [0.29, 0.717) is 13.1 Å². The van der Waals surface area contributed by atoms with Gasteiger partial charge in [0.25, 0.3) is 0 Å². The molecule has 5 nitrogen and oxygen atoms in total. The lowest BCUT2D eigenvalue weighted by Gasteiger charge is -2.46. The third-order valence-electron chi connectivity index (χ3n) is 6.71. The number of nitrogens with zero attached hydrogens (tertiary/aromatic N) is 2. The number of ether oxygens (including phenoxy) is 2. The van der Waals surface area contributed by atoms with Crippen LogP contribution in [0.25, 0.3) is 0 Å². The third kappa shape index (κ3) is 7.31. The first kappa shape index (κ1) is 28.9. The lowest BCUT2D eigenvalue weighted by molar-refractivity contribution is -0.0690. The second kappa shape index (κ2) is 13.1. The molecule has 0 bridgehead atoms. The van der Waals surface area contributed by atoms with Crippen LogP contribution in [0.1, 0.15) is 66.0 Å². The Morgan fingerprint density at radius 1 is 1.17 bits per heavy atom. The smallest absolute Gasteiger partial charge is 0.410 e. The number of hydrogen-bond acceptors (Lipinski definition) is 4. The molecule has 2 saturated heterocycles. The van der Waals surface area contributed by atoms with Gasteiger partial charge in [0.1, 0.15) is 5.60 Å². The van der Waals surface area contributed by atoms with Crippen molar-refractivity contribution in [1.82, 2.24) is 9.80 Å². The number of hydrogen-bond donors (Lipinski definition) is 0. The summed E-state index contributed by atoms with van der Waals surface area (Å²) in [5.74, 6) is 0. The predicted octanol–water partition coefficient (Wildman–Crippen LogP) is 6.79. The van der Waals surface area contributed by atoms with Crippen molar-refractivity contribution in [2.45, 2.75) is 72.1 Å². The molecule has 194 valence electrons. The second-order valence-corrected chi connectivity index (χ2v) is 10.2. The van der Waals surface area contributed by atoms with E-state index in [1.54, 1.807) is 7.11 Å². The van der Waals surface area contributed by atoms with Crippen molar-refractivity contribution in [3.63, 3.8) is 0 Å². The van der Waals surface area contributed by atoms with Crippen molar-refractivity contribution < 1.29 is 14.3 Å². The van der Waals surface area contributed by atoms with Gasteiger partial charge in [-0.1, -0.05) is 75.1 Å². The predicted molar refractivity (Wildman–Crippen MR) is 145 cm³/mol. The zero-order valence-electron chi connectivity index (χ0n) is 22.9. The van der Waals surface area contributed by atoms with Crippen LogP contribution in [0.15, 0.2) is 66.8 Å². The van der Waals surface area contributed by atoms with Crippen LogP contribution in [-0.4, -0.2) is 60.9 Å². The normalized spacial score (nSPS) is 24.3. The molecule has 0 aromatic heterocycles. The first-order valence-electron chi connectivity index (χ1n) is 13.0. The van der Waals surface area contributed by atoms with Gasteiger partial charge in [-0.3, -0.25) is 4.90 Å². The van der Waals surface area contributed by atoms with Crippen molar-refractivity contribution in [2.24, 2.45) is 5.41 Å². The Morgan fingerprint density at radius 2 is 1.86 bits per heavy atom. The third-order valence-corrected chi connectivity index (χ3v) is 6.71. The maximum atomic E-state index is 12.9. The van der Waals surface area contributed by atoms with E-state index in [2.05, 4.69) is 54.0 Å². The molecule has 0 aliphatic carbocycles. The van der Waals surface area contributed by atoms with Crippen LogP contribution in [-0.2, 0) is 9.47 Å². The summed E-state index contributed by atoms with van der Waals surface area (Å²) in [6, 6.07) is 10.7. The van der Waals surface area contributed by atoms with Crippen LogP contribution in [0, 0.1) is 5.41 Å². The number of benzene rings is 1. The highest BCUT2D eigenvalue weighted by Crippen LogP contribution is 2.45.